The molecule has 0 spiro atoms. The van der Waals surface area contributed by atoms with E-state index in [1.165, 1.54) is 12.1 Å². The highest BCUT2D eigenvalue weighted by Gasteiger charge is 2.01. The molecule has 120 valence electrons. The van der Waals surface area contributed by atoms with Gasteiger partial charge in [-0.3, -0.25) is 0 Å². The fourth-order valence-electron chi connectivity index (χ4n) is 2.14. The number of hydrogen-bond acceptors (Lipinski definition) is 6. The van der Waals surface area contributed by atoms with Gasteiger partial charge in [0.1, 0.15) is 22.7 Å². The van der Waals surface area contributed by atoms with Gasteiger partial charge in [0.2, 0.25) is 0 Å². The first-order chi connectivity index (χ1) is 11.5. The number of fused-ring (bicyclic) bond motifs is 2. The normalized spacial score (nSPS) is 10.3. The second-order valence-electron chi connectivity index (χ2n) is 4.92. The highest BCUT2D eigenvalue weighted by Crippen LogP contribution is 2.21. The number of benzene rings is 2. The molecule has 0 bridgehead atoms. The Hall–Kier alpha value is -3.54. The predicted molar refractivity (Wildman–Crippen MR) is 88.3 cm³/mol. The van der Waals surface area contributed by atoms with Crippen molar-refractivity contribution in [2.24, 2.45) is 0 Å². The van der Waals surface area contributed by atoms with E-state index < -0.39 is 11.3 Å². The van der Waals surface area contributed by atoms with Gasteiger partial charge in [-0.15, -0.1) is 0 Å². The second-order valence-corrected chi connectivity index (χ2v) is 4.92. The third-order valence-electron chi connectivity index (χ3n) is 3.23. The van der Waals surface area contributed by atoms with Gasteiger partial charge in [0, 0.05) is 17.5 Å². The highest BCUT2D eigenvalue weighted by molar-refractivity contribution is 5.82. The molecule has 2 N–H and O–H groups in total. The van der Waals surface area contributed by atoms with Gasteiger partial charge >= 0.3 is 11.3 Å². The van der Waals surface area contributed by atoms with E-state index >= 15 is 0 Å². The molecular formula is C18H12O6. The Balaban J connectivity index is 0.000000141. The standard InChI is InChI=1S/2C9H6O3/c10-7-3-1-6-2-4-9(11)12-8(6)5-7;10-7-5-9(11)12-8-4-2-1-3-6(7)8/h2*1-5,10H. The maximum atomic E-state index is 10.8. The van der Waals surface area contributed by atoms with E-state index in [4.69, 9.17) is 13.9 Å². The number of para-hydroxylation sites is 1. The molecule has 0 aliphatic heterocycles. The van der Waals surface area contributed by atoms with E-state index in [0.717, 1.165) is 11.5 Å². The van der Waals surface area contributed by atoms with Crippen LogP contribution in [0.2, 0.25) is 0 Å². The number of phenolic OH excluding ortho intramolecular Hbond substituents is 1. The van der Waals surface area contributed by atoms with Crippen molar-refractivity contribution < 1.29 is 19.0 Å². The average molecular weight is 324 g/mol. The number of hydrogen-bond donors (Lipinski definition) is 2. The van der Waals surface area contributed by atoms with Gasteiger partial charge in [-0.1, -0.05) is 12.1 Å². The van der Waals surface area contributed by atoms with Crippen molar-refractivity contribution in [1.82, 2.24) is 0 Å². The minimum atomic E-state index is -0.536. The van der Waals surface area contributed by atoms with Crippen LogP contribution in [0.5, 0.6) is 11.5 Å². The van der Waals surface area contributed by atoms with E-state index in [9.17, 15) is 14.7 Å². The molecule has 4 rings (SSSR count). The van der Waals surface area contributed by atoms with E-state index in [2.05, 4.69) is 0 Å². The molecule has 2 heterocycles. The van der Waals surface area contributed by atoms with Crippen molar-refractivity contribution >= 4 is 21.9 Å². The third kappa shape index (κ3) is 3.27. The van der Waals surface area contributed by atoms with Crippen molar-refractivity contribution in [1.29, 1.82) is 0 Å². The summed E-state index contributed by atoms with van der Waals surface area (Å²) in [6, 6.07) is 15.5. The summed E-state index contributed by atoms with van der Waals surface area (Å²) in [6.45, 7) is 0. The fourth-order valence-corrected chi connectivity index (χ4v) is 2.14. The summed E-state index contributed by atoms with van der Waals surface area (Å²) in [6.07, 6.45) is 0. The molecule has 4 aromatic rings. The summed E-state index contributed by atoms with van der Waals surface area (Å²) >= 11 is 0. The Kier molecular flexibility index (Phi) is 4.03. The van der Waals surface area contributed by atoms with E-state index in [1.807, 2.05) is 0 Å². The van der Waals surface area contributed by atoms with Crippen molar-refractivity contribution in [3.8, 4) is 11.5 Å². The van der Waals surface area contributed by atoms with Crippen LogP contribution < -0.4 is 11.3 Å². The third-order valence-corrected chi connectivity index (χ3v) is 3.23. The van der Waals surface area contributed by atoms with Crippen LogP contribution >= 0.6 is 0 Å². The van der Waals surface area contributed by atoms with E-state index in [0.29, 0.717) is 16.6 Å². The monoisotopic (exact) mass is 324 g/mol. The van der Waals surface area contributed by atoms with Gasteiger partial charge in [-0.25, -0.2) is 9.59 Å². The van der Waals surface area contributed by atoms with Crippen LogP contribution in [0, 0.1) is 0 Å². The SMILES string of the molecule is O=c1cc(O)c2ccccc2o1.O=c1ccc2ccc(O)cc2o1. The molecule has 6 heteroatoms. The van der Waals surface area contributed by atoms with Gasteiger partial charge in [-0.2, -0.15) is 0 Å². The Morgan fingerprint density at radius 1 is 0.708 bits per heavy atom. The molecule has 0 aliphatic carbocycles. The first-order valence-corrected chi connectivity index (χ1v) is 6.98. The minimum Gasteiger partial charge on any atom is -0.508 e. The van der Waals surface area contributed by atoms with Gasteiger partial charge in [0.15, 0.2) is 0 Å². The van der Waals surface area contributed by atoms with Gasteiger partial charge in [-0.05, 0) is 30.3 Å². The van der Waals surface area contributed by atoms with Crippen molar-refractivity contribution in [3.05, 3.63) is 81.5 Å². The summed E-state index contributed by atoms with van der Waals surface area (Å²) in [5.41, 5.74) is -0.135. The molecule has 6 nitrogen and oxygen atoms in total. The molecule has 0 amide bonds. The maximum Gasteiger partial charge on any atom is 0.339 e. The number of aromatic hydroxyl groups is 2. The van der Waals surface area contributed by atoms with Crippen molar-refractivity contribution in [3.63, 3.8) is 0 Å². The largest absolute Gasteiger partial charge is 0.508 e. The molecule has 0 fully saturated rings. The molecule has 2 aromatic heterocycles. The van der Waals surface area contributed by atoms with Crippen LogP contribution in [-0.2, 0) is 0 Å². The first-order valence-electron chi connectivity index (χ1n) is 6.98. The Bertz CT molecular complexity index is 1120. The summed E-state index contributed by atoms with van der Waals surface area (Å²) in [5.74, 6) is 0.0544. The molecule has 24 heavy (non-hydrogen) atoms. The average Bonchev–Trinajstić information content (AvgIpc) is 2.55. The summed E-state index contributed by atoms with van der Waals surface area (Å²) in [4.78, 5) is 21.5. The van der Waals surface area contributed by atoms with Crippen LogP contribution in [0.15, 0.2) is 79.1 Å². The molecule has 0 radical (unpaired) electrons. The number of rotatable bonds is 0. The topological polar surface area (TPSA) is 101 Å². The lowest BCUT2D eigenvalue weighted by atomic mass is 10.2. The molecule has 0 atom stereocenters. The van der Waals surface area contributed by atoms with E-state index in [-0.39, 0.29) is 11.5 Å². The van der Waals surface area contributed by atoms with Crippen molar-refractivity contribution in [2.45, 2.75) is 0 Å². The second kappa shape index (κ2) is 6.29. The van der Waals surface area contributed by atoms with Crippen LogP contribution in [0.4, 0.5) is 0 Å². The lowest BCUT2D eigenvalue weighted by molar-refractivity contribution is 0.468. The summed E-state index contributed by atoms with van der Waals surface area (Å²) in [7, 11) is 0. The van der Waals surface area contributed by atoms with Crippen LogP contribution in [-0.4, -0.2) is 10.2 Å². The lowest BCUT2D eigenvalue weighted by Crippen LogP contribution is -1.94. The summed E-state index contributed by atoms with van der Waals surface area (Å²) < 4.78 is 9.65. The Morgan fingerprint density at radius 3 is 2.25 bits per heavy atom. The molecule has 2 aromatic carbocycles. The predicted octanol–water partition coefficient (Wildman–Crippen LogP) is 3.00. The van der Waals surface area contributed by atoms with Gasteiger partial charge in [0.25, 0.3) is 0 Å². The zero-order valence-corrected chi connectivity index (χ0v) is 12.3. The molecule has 0 unspecified atom stereocenters. The maximum absolute atomic E-state index is 10.8. The Labute approximate surface area is 134 Å². The first kappa shape index (κ1) is 15.4. The summed E-state index contributed by atoms with van der Waals surface area (Å²) in [5, 5.41) is 19.7. The quantitative estimate of drug-likeness (QED) is 0.482. The van der Waals surface area contributed by atoms with Gasteiger partial charge < -0.3 is 19.0 Å². The molecule has 0 saturated carbocycles. The van der Waals surface area contributed by atoms with Crippen LogP contribution in [0.3, 0.4) is 0 Å². The molecular weight excluding hydrogens is 312 g/mol. The zero-order chi connectivity index (χ0) is 17.1. The smallest absolute Gasteiger partial charge is 0.339 e. The lowest BCUT2D eigenvalue weighted by Gasteiger charge is -1.96. The van der Waals surface area contributed by atoms with Crippen LogP contribution in [0.25, 0.3) is 21.9 Å². The fraction of sp³-hybridized carbons (Fsp3) is 0. The van der Waals surface area contributed by atoms with Gasteiger partial charge in [0.05, 0.1) is 11.5 Å². The van der Waals surface area contributed by atoms with Crippen LogP contribution in [0.1, 0.15) is 0 Å². The highest BCUT2D eigenvalue weighted by atomic mass is 16.4. The molecule has 0 aliphatic rings. The number of phenols is 1. The van der Waals surface area contributed by atoms with E-state index in [1.54, 1.807) is 42.5 Å². The Morgan fingerprint density at radius 2 is 1.42 bits per heavy atom. The van der Waals surface area contributed by atoms with Crippen molar-refractivity contribution in [2.75, 3.05) is 0 Å². The minimum absolute atomic E-state index is 0.0400. The molecule has 0 saturated heterocycles. The zero-order valence-electron chi connectivity index (χ0n) is 12.3.